The smallest absolute Gasteiger partial charge is 0.0542 e. The van der Waals surface area contributed by atoms with Crippen LogP contribution in [0.1, 0.15) is 33.1 Å². The van der Waals surface area contributed by atoms with Crippen molar-refractivity contribution in [1.82, 2.24) is 0 Å². The minimum atomic E-state index is 0.552. The minimum Gasteiger partial charge on any atom is -0.380 e. The Hall–Kier alpha value is -0.0400. The van der Waals surface area contributed by atoms with Crippen LogP contribution < -0.4 is 0 Å². The summed E-state index contributed by atoms with van der Waals surface area (Å²) in [5, 5.41) is 0. The van der Waals surface area contributed by atoms with Crippen LogP contribution in [-0.2, 0) is 4.74 Å². The number of rotatable bonds is 3. The molecule has 1 saturated heterocycles. The molecule has 0 radical (unpaired) electrons. The van der Waals surface area contributed by atoms with E-state index in [1.807, 2.05) is 0 Å². The molecule has 1 heterocycles. The fourth-order valence-corrected chi connectivity index (χ4v) is 1.20. The number of hydrogen-bond donors (Lipinski definition) is 0. The monoisotopic (exact) mass is 128 g/mol. The maximum atomic E-state index is 5.13. The molecule has 0 bridgehead atoms. The summed E-state index contributed by atoms with van der Waals surface area (Å²) in [6.45, 7) is 6.54. The van der Waals surface area contributed by atoms with E-state index < -0.39 is 0 Å². The van der Waals surface area contributed by atoms with Crippen molar-refractivity contribution in [1.29, 1.82) is 0 Å². The van der Waals surface area contributed by atoms with Crippen molar-refractivity contribution in [2.45, 2.75) is 33.1 Å². The van der Waals surface area contributed by atoms with E-state index in [1.54, 1.807) is 0 Å². The van der Waals surface area contributed by atoms with Crippen molar-refractivity contribution in [2.75, 3.05) is 13.2 Å². The van der Waals surface area contributed by atoms with Gasteiger partial charge in [0, 0.05) is 5.41 Å². The quantitative estimate of drug-likeness (QED) is 0.566. The van der Waals surface area contributed by atoms with Gasteiger partial charge in [0.1, 0.15) is 0 Å². The highest BCUT2D eigenvalue weighted by Gasteiger charge is 2.31. The summed E-state index contributed by atoms with van der Waals surface area (Å²) >= 11 is 0. The van der Waals surface area contributed by atoms with Gasteiger partial charge in [-0.2, -0.15) is 0 Å². The van der Waals surface area contributed by atoms with Crippen molar-refractivity contribution >= 4 is 0 Å². The van der Waals surface area contributed by atoms with Gasteiger partial charge in [-0.3, -0.25) is 0 Å². The largest absolute Gasteiger partial charge is 0.380 e. The van der Waals surface area contributed by atoms with Crippen LogP contribution in [0.2, 0.25) is 0 Å². The summed E-state index contributed by atoms with van der Waals surface area (Å²) in [5.41, 5.74) is 0.552. The number of ether oxygens (including phenoxy) is 1. The lowest BCUT2D eigenvalue weighted by Gasteiger charge is -2.38. The van der Waals surface area contributed by atoms with Crippen LogP contribution in [0.4, 0.5) is 0 Å². The lowest BCUT2D eigenvalue weighted by Crippen LogP contribution is -2.39. The molecule has 0 atom stereocenters. The summed E-state index contributed by atoms with van der Waals surface area (Å²) in [7, 11) is 0. The third-order valence-corrected chi connectivity index (χ3v) is 2.03. The molecule has 0 aromatic carbocycles. The van der Waals surface area contributed by atoms with Gasteiger partial charge in [0.2, 0.25) is 0 Å². The predicted molar refractivity (Wildman–Crippen MR) is 38.5 cm³/mol. The fraction of sp³-hybridized carbons (Fsp3) is 1.00. The molecule has 1 nitrogen and oxygen atoms in total. The van der Waals surface area contributed by atoms with E-state index in [1.165, 1.54) is 19.3 Å². The third kappa shape index (κ3) is 1.68. The third-order valence-electron chi connectivity index (χ3n) is 2.03. The van der Waals surface area contributed by atoms with Gasteiger partial charge in [-0.15, -0.1) is 0 Å². The Morgan fingerprint density at radius 3 is 2.44 bits per heavy atom. The Morgan fingerprint density at radius 2 is 2.11 bits per heavy atom. The predicted octanol–water partition coefficient (Wildman–Crippen LogP) is 2.21. The van der Waals surface area contributed by atoms with Gasteiger partial charge < -0.3 is 4.74 Å². The van der Waals surface area contributed by atoms with E-state index >= 15 is 0 Å². The first-order valence-corrected chi connectivity index (χ1v) is 3.85. The van der Waals surface area contributed by atoms with E-state index in [0.717, 1.165) is 13.2 Å². The van der Waals surface area contributed by atoms with Crippen molar-refractivity contribution in [3.8, 4) is 0 Å². The first-order chi connectivity index (χ1) is 4.27. The van der Waals surface area contributed by atoms with Crippen molar-refractivity contribution in [2.24, 2.45) is 5.41 Å². The Morgan fingerprint density at radius 1 is 1.44 bits per heavy atom. The van der Waals surface area contributed by atoms with Crippen LogP contribution in [0, 0.1) is 5.41 Å². The molecular formula is C8H16O. The molecule has 0 aliphatic carbocycles. The van der Waals surface area contributed by atoms with Crippen molar-refractivity contribution in [3.63, 3.8) is 0 Å². The maximum absolute atomic E-state index is 5.13. The standard InChI is InChI=1S/C8H16O/c1-3-4-5-8(2)6-9-7-8/h3-7H2,1-2H3. The second-order valence-electron chi connectivity index (χ2n) is 3.41. The lowest BCUT2D eigenvalue weighted by atomic mass is 9.83. The molecule has 0 saturated carbocycles. The molecule has 0 aromatic rings. The fourth-order valence-electron chi connectivity index (χ4n) is 1.20. The Bertz CT molecular complexity index is 84.6. The lowest BCUT2D eigenvalue weighted by molar-refractivity contribution is -0.106. The van der Waals surface area contributed by atoms with Gasteiger partial charge in [0.25, 0.3) is 0 Å². The van der Waals surface area contributed by atoms with Gasteiger partial charge in [0.05, 0.1) is 13.2 Å². The SMILES string of the molecule is CCCCC1(C)COC1. The molecule has 0 amide bonds. The van der Waals surface area contributed by atoms with Crippen molar-refractivity contribution < 1.29 is 4.74 Å². The zero-order valence-corrected chi connectivity index (χ0v) is 6.44. The molecule has 0 unspecified atom stereocenters. The Labute approximate surface area is 57.4 Å². The van der Waals surface area contributed by atoms with Crippen LogP contribution in [-0.4, -0.2) is 13.2 Å². The summed E-state index contributed by atoms with van der Waals surface area (Å²) in [4.78, 5) is 0. The van der Waals surface area contributed by atoms with E-state index in [4.69, 9.17) is 4.74 Å². The van der Waals surface area contributed by atoms with Crippen LogP contribution in [0.5, 0.6) is 0 Å². The Balaban J connectivity index is 2.09. The molecule has 1 heteroatoms. The van der Waals surface area contributed by atoms with Crippen LogP contribution in [0.25, 0.3) is 0 Å². The molecule has 1 fully saturated rings. The first-order valence-electron chi connectivity index (χ1n) is 3.85. The molecule has 0 aromatic heterocycles. The molecule has 1 aliphatic rings. The van der Waals surface area contributed by atoms with Gasteiger partial charge in [-0.25, -0.2) is 0 Å². The summed E-state index contributed by atoms with van der Waals surface area (Å²) < 4.78 is 5.13. The highest BCUT2D eigenvalue weighted by Crippen LogP contribution is 2.31. The zero-order valence-electron chi connectivity index (χ0n) is 6.44. The van der Waals surface area contributed by atoms with Crippen LogP contribution >= 0.6 is 0 Å². The average molecular weight is 128 g/mol. The van der Waals surface area contributed by atoms with Gasteiger partial charge in [-0.05, 0) is 6.42 Å². The van der Waals surface area contributed by atoms with E-state index in [2.05, 4.69) is 13.8 Å². The van der Waals surface area contributed by atoms with Gasteiger partial charge >= 0.3 is 0 Å². The first kappa shape index (κ1) is 7.07. The topological polar surface area (TPSA) is 9.23 Å². The molecule has 9 heavy (non-hydrogen) atoms. The van der Waals surface area contributed by atoms with E-state index in [-0.39, 0.29) is 0 Å². The second kappa shape index (κ2) is 2.70. The second-order valence-corrected chi connectivity index (χ2v) is 3.41. The highest BCUT2D eigenvalue weighted by atomic mass is 16.5. The summed E-state index contributed by atoms with van der Waals surface area (Å²) in [5.74, 6) is 0. The zero-order chi connectivity index (χ0) is 6.74. The van der Waals surface area contributed by atoms with Gasteiger partial charge in [-0.1, -0.05) is 26.7 Å². The van der Waals surface area contributed by atoms with Crippen LogP contribution in [0.3, 0.4) is 0 Å². The molecule has 1 rings (SSSR count). The normalized spacial score (nSPS) is 23.3. The number of unbranched alkanes of at least 4 members (excludes halogenated alkanes) is 1. The van der Waals surface area contributed by atoms with E-state index in [9.17, 15) is 0 Å². The summed E-state index contributed by atoms with van der Waals surface area (Å²) in [6.07, 6.45) is 4.03. The van der Waals surface area contributed by atoms with E-state index in [0.29, 0.717) is 5.41 Å². The summed E-state index contributed by atoms with van der Waals surface area (Å²) in [6, 6.07) is 0. The number of hydrogen-bond acceptors (Lipinski definition) is 1. The highest BCUT2D eigenvalue weighted by molar-refractivity contribution is 4.79. The van der Waals surface area contributed by atoms with Gasteiger partial charge in [0.15, 0.2) is 0 Å². The average Bonchev–Trinajstić information content (AvgIpc) is 1.79. The molecule has 0 spiro atoms. The minimum absolute atomic E-state index is 0.552. The van der Waals surface area contributed by atoms with Crippen molar-refractivity contribution in [3.05, 3.63) is 0 Å². The maximum Gasteiger partial charge on any atom is 0.0542 e. The Kier molecular flexibility index (Phi) is 2.12. The molecular weight excluding hydrogens is 112 g/mol. The molecule has 0 N–H and O–H groups in total. The van der Waals surface area contributed by atoms with Crippen LogP contribution in [0.15, 0.2) is 0 Å². The molecule has 54 valence electrons. The molecule has 1 aliphatic heterocycles.